The van der Waals surface area contributed by atoms with Gasteiger partial charge < -0.3 is 53.1 Å². The van der Waals surface area contributed by atoms with Crippen molar-refractivity contribution in [2.75, 3.05) is 137 Å². The monoisotopic (exact) mass is 623 g/mol. The van der Waals surface area contributed by atoms with Crippen LogP contribution in [-0.4, -0.2) is 131 Å². The molecule has 0 saturated carbocycles. The number of ether oxygens (including phenoxy) is 10. The summed E-state index contributed by atoms with van der Waals surface area (Å²) < 4.78 is 54.9. The molecule has 0 aliphatic rings. The lowest BCUT2D eigenvalue weighted by molar-refractivity contribution is -0.0254. The van der Waals surface area contributed by atoms with Crippen LogP contribution in [0.2, 0.25) is 0 Å². The van der Waals surface area contributed by atoms with Crippen molar-refractivity contribution in [3.05, 3.63) is 24.3 Å². The highest BCUT2D eigenvalue weighted by molar-refractivity contribution is 6.17. The summed E-state index contributed by atoms with van der Waals surface area (Å²) in [7, 11) is 0. The van der Waals surface area contributed by atoms with Gasteiger partial charge in [0.2, 0.25) is 0 Å². The molecule has 11 nitrogen and oxygen atoms in total. The maximum absolute atomic E-state index is 5.81. The van der Waals surface area contributed by atoms with Gasteiger partial charge in [0.05, 0.1) is 118 Å². The van der Waals surface area contributed by atoms with Crippen LogP contribution in [0, 0.1) is 0 Å². The molecule has 0 bridgehead atoms. The number of halogens is 1. The lowest BCUT2D eigenvalue weighted by Gasteiger charge is -2.09. The van der Waals surface area contributed by atoms with E-state index in [1.54, 1.807) is 6.07 Å². The van der Waals surface area contributed by atoms with Gasteiger partial charge >= 0.3 is 0 Å². The number of nitrogen functional groups attached to an aromatic ring is 1. The zero-order valence-corrected chi connectivity index (χ0v) is 26.1. The molecule has 12 heteroatoms. The van der Waals surface area contributed by atoms with Gasteiger partial charge in [-0.1, -0.05) is 25.0 Å². The zero-order chi connectivity index (χ0) is 30.0. The summed E-state index contributed by atoms with van der Waals surface area (Å²) in [5.74, 6) is 1.42. The molecular weight excluding hydrogens is 570 g/mol. The topological polar surface area (TPSA) is 118 Å². The van der Waals surface area contributed by atoms with Crippen LogP contribution in [0.25, 0.3) is 0 Å². The molecule has 2 N–H and O–H groups in total. The van der Waals surface area contributed by atoms with Gasteiger partial charge in [0.1, 0.15) is 12.4 Å². The smallest absolute Gasteiger partial charge is 0.142 e. The molecule has 1 aromatic rings. The van der Waals surface area contributed by atoms with Crippen LogP contribution in [0.15, 0.2) is 24.3 Å². The van der Waals surface area contributed by atoms with Crippen LogP contribution in [0.5, 0.6) is 5.75 Å². The summed E-state index contributed by atoms with van der Waals surface area (Å²) in [6, 6.07) is 7.39. The Hall–Kier alpha value is -1.25. The lowest BCUT2D eigenvalue weighted by Crippen LogP contribution is -2.15. The van der Waals surface area contributed by atoms with E-state index >= 15 is 0 Å². The molecule has 1 aromatic carbocycles. The van der Waals surface area contributed by atoms with Gasteiger partial charge in [-0.3, -0.25) is 0 Å². The highest BCUT2D eigenvalue weighted by Gasteiger charge is 1.99. The van der Waals surface area contributed by atoms with Crippen molar-refractivity contribution in [3.8, 4) is 5.75 Å². The van der Waals surface area contributed by atoms with Gasteiger partial charge in [-0.2, -0.15) is 0 Å². The Bertz CT molecular complexity index is 677. The first-order valence-electron chi connectivity index (χ1n) is 15.1. The molecule has 0 saturated heterocycles. The Labute approximate surface area is 257 Å². The molecule has 42 heavy (non-hydrogen) atoms. The number of hydrogen-bond acceptors (Lipinski definition) is 11. The van der Waals surface area contributed by atoms with Crippen LogP contribution in [0.4, 0.5) is 5.69 Å². The molecule has 0 aliphatic carbocycles. The Balaban J connectivity index is 1.63. The molecule has 0 aliphatic heterocycles. The molecular formula is C30H54ClNO10. The predicted octanol–water partition coefficient (Wildman–Crippen LogP) is 3.60. The normalized spacial score (nSPS) is 11.4. The number of rotatable bonds is 34. The Morgan fingerprint density at radius 1 is 0.405 bits per heavy atom. The second kappa shape index (κ2) is 32.7. The van der Waals surface area contributed by atoms with Crippen molar-refractivity contribution in [2.45, 2.75) is 25.7 Å². The summed E-state index contributed by atoms with van der Waals surface area (Å²) in [5, 5.41) is 0. The van der Waals surface area contributed by atoms with Crippen molar-refractivity contribution in [1.82, 2.24) is 0 Å². The number of unbranched alkanes of at least 4 members (excludes halogenated alkanes) is 3. The lowest BCUT2D eigenvalue weighted by atomic mass is 10.2. The van der Waals surface area contributed by atoms with Crippen molar-refractivity contribution in [3.63, 3.8) is 0 Å². The third-order valence-corrected chi connectivity index (χ3v) is 5.82. The van der Waals surface area contributed by atoms with Gasteiger partial charge in [-0.15, -0.1) is 11.6 Å². The maximum atomic E-state index is 5.81. The first-order valence-corrected chi connectivity index (χ1v) is 15.6. The third kappa shape index (κ3) is 27.6. The van der Waals surface area contributed by atoms with Crippen LogP contribution in [-0.2, 0) is 42.6 Å². The number of anilines is 1. The molecule has 0 fully saturated rings. The fourth-order valence-electron chi connectivity index (χ4n) is 3.34. The highest BCUT2D eigenvalue weighted by Crippen LogP contribution is 2.19. The fraction of sp³-hybridized carbons (Fsp3) is 0.800. The Morgan fingerprint density at radius 2 is 0.738 bits per heavy atom. The minimum Gasteiger partial charge on any atom is -0.489 e. The Morgan fingerprint density at radius 3 is 1.12 bits per heavy atom. The minimum absolute atomic E-state index is 0.441. The Kier molecular flexibility index (Phi) is 30.2. The van der Waals surface area contributed by atoms with Crippen LogP contribution in [0.3, 0.4) is 0 Å². The molecule has 0 radical (unpaired) electrons. The van der Waals surface area contributed by atoms with Crippen molar-refractivity contribution in [1.29, 1.82) is 0 Å². The van der Waals surface area contributed by atoms with E-state index in [1.807, 2.05) is 18.2 Å². The van der Waals surface area contributed by atoms with Crippen LogP contribution in [0.1, 0.15) is 25.7 Å². The van der Waals surface area contributed by atoms with E-state index in [0.717, 1.165) is 25.3 Å². The van der Waals surface area contributed by atoms with Gasteiger partial charge in [0.25, 0.3) is 0 Å². The first kappa shape index (κ1) is 38.8. The van der Waals surface area contributed by atoms with Gasteiger partial charge in [-0.05, 0) is 25.0 Å². The summed E-state index contributed by atoms with van der Waals surface area (Å²) in [6.45, 7) is 10.2. The first-order chi connectivity index (χ1) is 20.8. The summed E-state index contributed by atoms with van der Waals surface area (Å²) in [4.78, 5) is 0. The molecule has 1 rings (SSSR count). The van der Waals surface area contributed by atoms with E-state index in [0.29, 0.717) is 130 Å². The van der Waals surface area contributed by atoms with Gasteiger partial charge in [-0.25, -0.2) is 0 Å². The average Bonchev–Trinajstić information content (AvgIpc) is 3.00. The van der Waals surface area contributed by atoms with E-state index in [4.69, 9.17) is 64.7 Å². The number of para-hydroxylation sites is 2. The summed E-state index contributed by atoms with van der Waals surface area (Å²) in [6.07, 6.45) is 4.50. The summed E-state index contributed by atoms with van der Waals surface area (Å²) >= 11 is 5.65. The average molecular weight is 624 g/mol. The quantitative estimate of drug-likeness (QED) is 0.0689. The van der Waals surface area contributed by atoms with Crippen LogP contribution < -0.4 is 10.5 Å². The molecule has 0 heterocycles. The minimum atomic E-state index is 0.441. The molecule has 0 amide bonds. The highest BCUT2D eigenvalue weighted by atomic mass is 35.5. The number of nitrogens with two attached hydrogens (primary N) is 1. The molecule has 246 valence electrons. The SMILES string of the molecule is Nc1ccccc1OCCOCCOCCOCCOCCOCCOCCOCCOCCOCCCCCCCl. The second-order valence-electron chi connectivity index (χ2n) is 9.00. The van der Waals surface area contributed by atoms with Gasteiger partial charge in [0.15, 0.2) is 0 Å². The fourth-order valence-corrected chi connectivity index (χ4v) is 3.53. The standard InChI is InChI=1S/C30H54ClNO10/c31-9-5-1-2-6-10-33-11-12-34-13-14-35-15-16-36-17-18-37-19-20-38-21-22-39-23-24-40-25-26-41-27-28-42-30-8-4-3-7-29(30)32/h3-4,7-8H,1-2,5-6,9-28,32H2. The van der Waals surface area contributed by atoms with E-state index in [-0.39, 0.29) is 0 Å². The zero-order valence-electron chi connectivity index (χ0n) is 25.3. The molecule has 0 spiro atoms. The van der Waals surface area contributed by atoms with E-state index < -0.39 is 0 Å². The maximum Gasteiger partial charge on any atom is 0.142 e. The molecule has 0 unspecified atom stereocenters. The number of hydrogen-bond donors (Lipinski definition) is 1. The molecule has 0 atom stereocenters. The summed E-state index contributed by atoms with van der Waals surface area (Å²) in [5.41, 5.74) is 6.43. The van der Waals surface area contributed by atoms with Crippen LogP contribution >= 0.6 is 11.6 Å². The van der Waals surface area contributed by atoms with Crippen molar-refractivity contribution in [2.24, 2.45) is 0 Å². The third-order valence-electron chi connectivity index (χ3n) is 5.55. The largest absolute Gasteiger partial charge is 0.489 e. The predicted molar refractivity (Wildman–Crippen MR) is 163 cm³/mol. The van der Waals surface area contributed by atoms with Crippen molar-refractivity contribution < 1.29 is 47.4 Å². The van der Waals surface area contributed by atoms with Gasteiger partial charge in [0, 0.05) is 12.5 Å². The molecule has 0 aromatic heterocycles. The second-order valence-corrected chi connectivity index (χ2v) is 9.38. The van der Waals surface area contributed by atoms with E-state index in [1.165, 1.54) is 12.8 Å². The number of benzene rings is 1. The number of alkyl halides is 1. The van der Waals surface area contributed by atoms with E-state index in [2.05, 4.69) is 0 Å². The van der Waals surface area contributed by atoms with E-state index in [9.17, 15) is 0 Å². The van der Waals surface area contributed by atoms with Crippen molar-refractivity contribution >= 4 is 17.3 Å².